The molecule has 0 fully saturated rings. The van der Waals surface area contributed by atoms with Crippen molar-refractivity contribution >= 4 is 23.1 Å². The van der Waals surface area contributed by atoms with Gasteiger partial charge in [0.25, 0.3) is 0 Å². The molecule has 0 aliphatic rings. The maximum Gasteiger partial charge on any atom is 0.223 e. The maximum absolute atomic E-state index is 14.3. The fraction of sp³-hybridized carbons (Fsp3) is 0.333. The number of nitrogens with zero attached hydrogens (tertiary/aromatic N) is 3. The minimum absolute atomic E-state index is 0.0163. The average molecular weight is 378 g/mol. The lowest BCUT2D eigenvalue weighted by Crippen LogP contribution is -2.08. The van der Waals surface area contributed by atoms with Gasteiger partial charge in [0.1, 0.15) is 0 Å². The largest absolute Gasteiger partial charge is 0.491 e. The predicted octanol–water partition coefficient (Wildman–Crippen LogP) is 4.55. The van der Waals surface area contributed by atoms with Gasteiger partial charge in [0.2, 0.25) is 5.95 Å². The zero-order chi connectivity index (χ0) is 19.1. The normalized spacial score (nSPS) is 11.9. The van der Waals surface area contributed by atoms with Gasteiger partial charge in [0, 0.05) is 15.9 Å². The summed E-state index contributed by atoms with van der Waals surface area (Å²) < 4.78 is 35.3. The fourth-order valence-electron chi connectivity index (χ4n) is 2.54. The third-order valence-electron chi connectivity index (χ3n) is 3.55. The lowest BCUT2D eigenvalue weighted by atomic mass is 10.1. The standard InChI is InChI=1S/C18H20F2N4OS/c1-5-25-14-9-24-13(7-15(14)26-18(2,3)4)11(8-22-24)10-6-12(19)17(21)23-16(10)20/h6-9H,5H2,1-4H3,(H2,21,23). The Hall–Kier alpha value is -2.35. The van der Waals surface area contributed by atoms with E-state index in [4.69, 9.17) is 10.5 Å². The Morgan fingerprint density at radius 2 is 1.96 bits per heavy atom. The smallest absolute Gasteiger partial charge is 0.223 e. The van der Waals surface area contributed by atoms with E-state index in [1.807, 2.05) is 13.0 Å². The van der Waals surface area contributed by atoms with Crippen molar-refractivity contribution in [3.63, 3.8) is 0 Å². The summed E-state index contributed by atoms with van der Waals surface area (Å²) >= 11 is 1.63. The van der Waals surface area contributed by atoms with Gasteiger partial charge in [-0.15, -0.1) is 11.8 Å². The van der Waals surface area contributed by atoms with Gasteiger partial charge in [-0.2, -0.15) is 14.5 Å². The summed E-state index contributed by atoms with van der Waals surface area (Å²) in [6, 6.07) is 2.92. The van der Waals surface area contributed by atoms with Crippen LogP contribution in [0, 0.1) is 11.8 Å². The molecule has 0 aliphatic heterocycles. The van der Waals surface area contributed by atoms with Gasteiger partial charge in [0.15, 0.2) is 17.4 Å². The van der Waals surface area contributed by atoms with Crippen molar-refractivity contribution in [2.45, 2.75) is 37.3 Å². The number of nitrogens with two attached hydrogens (primary N) is 1. The summed E-state index contributed by atoms with van der Waals surface area (Å²) in [7, 11) is 0. The zero-order valence-electron chi connectivity index (χ0n) is 15.0. The second-order valence-corrected chi connectivity index (χ2v) is 8.60. The molecule has 0 saturated carbocycles. The average Bonchev–Trinajstić information content (AvgIpc) is 2.92. The first-order valence-electron chi connectivity index (χ1n) is 8.14. The summed E-state index contributed by atoms with van der Waals surface area (Å²) in [5, 5.41) is 4.25. The van der Waals surface area contributed by atoms with E-state index < -0.39 is 17.6 Å². The van der Waals surface area contributed by atoms with Crippen molar-refractivity contribution < 1.29 is 13.5 Å². The van der Waals surface area contributed by atoms with Crippen LogP contribution in [0.5, 0.6) is 5.75 Å². The molecule has 3 aromatic heterocycles. The number of aromatic nitrogens is 3. The Kier molecular flexibility index (Phi) is 4.79. The number of nitrogen functional groups attached to an aromatic ring is 1. The Balaban J connectivity index is 2.20. The summed E-state index contributed by atoms with van der Waals surface area (Å²) in [4.78, 5) is 4.33. The minimum atomic E-state index is -0.835. The molecule has 0 unspecified atom stereocenters. The Morgan fingerprint density at radius 3 is 2.62 bits per heavy atom. The van der Waals surface area contributed by atoms with E-state index in [9.17, 15) is 8.78 Å². The molecule has 3 rings (SSSR count). The van der Waals surface area contributed by atoms with Crippen LogP contribution in [0.3, 0.4) is 0 Å². The van der Waals surface area contributed by atoms with Gasteiger partial charge >= 0.3 is 0 Å². The number of fused-ring (bicyclic) bond motifs is 1. The van der Waals surface area contributed by atoms with E-state index in [-0.39, 0.29) is 10.3 Å². The molecule has 5 nitrogen and oxygen atoms in total. The highest BCUT2D eigenvalue weighted by atomic mass is 32.2. The fourth-order valence-corrected chi connectivity index (χ4v) is 3.58. The lowest BCUT2D eigenvalue weighted by Gasteiger charge is -2.20. The van der Waals surface area contributed by atoms with Crippen LogP contribution in [0.15, 0.2) is 29.4 Å². The molecule has 0 amide bonds. The van der Waals surface area contributed by atoms with Crippen molar-refractivity contribution in [1.82, 2.24) is 14.6 Å². The minimum Gasteiger partial charge on any atom is -0.491 e. The zero-order valence-corrected chi connectivity index (χ0v) is 15.8. The Morgan fingerprint density at radius 1 is 1.23 bits per heavy atom. The van der Waals surface area contributed by atoms with Gasteiger partial charge in [-0.25, -0.2) is 8.91 Å². The molecule has 0 spiro atoms. The molecule has 0 saturated heterocycles. The summed E-state index contributed by atoms with van der Waals surface area (Å²) in [5.41, 5.74) is 6.42. The first kappa shape index (κ1) is 18.4. The van der Waals surface area contributed by atoms with Gasteiger partial charge in [-0.05, 0) is 19.1 Å². The second-order valence-electron chi connectivity index (χ2n) is 6.73. The number of hydrogen-bond acceptors (Lipinski definition) is 5. The van der Waals surface area contributed by atoms with Crippen molar-refractivity contribution in [1.29, 1.82) is 0 Å². The summed E-state index contributed by atoms with van der Waals surface area (Å²) in [6.45, 7) is 8.69. The van der Waals surface area contributed by atoms with E-state index >= 15 is 0 Å². The number of pyridine rings is 2. The molecule has 138 valence electrons. The van der Waals surface area contributed by atoms with Crippen LogP contribution in [-0.4, -0.2) is 26.0 Å². The van der Waals surface area contributed by atoms with Gasteiger partial charge < -0.3 is 10.5 Å². The molecule has 0 radical (unpaired) electrons. The van der Waals surface area contributed by atoms with Crippen LogP contribution in [0.4, 0.5) is 14.6 Å². The van der Waals surface area contributed by atoms with Gasteiger partial charge in [0.05, 0.1) is 29.4 Å². The number of hydrogen-bond donors (Lipinski definition) is 1. The van der Waals surface area contributed by atoms with E-state index in [0.29, 0.717) is 23.4 Å². The van der Waals surface area contributed by atoms with Crippen LogP contribution < -0.4 is 10.5 Å². The molecule has 8 heteroatoms. The molecule has 0 atom stereocenters. The van der Waals surface area contributed by atoms with Crippen LogP contribution >= 0.6 is 11.8 Å². The highest BCUT2D eigenvalue weighted by Gasteiger charge is 2.20. The van der Waals surface area contributed by atoms with Crippen LogP contribution in [-0.2, 0) is 0 Å². The molecule has 3 aromatic rings. The summed E-state index contributed by atoms with van der Waals surface area (Å²) in [6.07, 6.45) is 3.22. The molecule has 26 heavy (non-hydrogen) atoms. The molecule has 3 heterocycles. The van der Waals surface area contributed by atoms with Crippen molar-refractivity contribution in [2.75, 3.05) is 12.3 Å². The van der Waals surface area contributed by atoms with Crippen LogP contribution in [0.2, 0.25) is 0 Å². The first-order chi connectivity index (χ1) is 12.2. The van der Waals surface area contributed by atoms with E-state index in [1.54, 1.807) is 22.5 Å². The number of ether oxygens (including phenoxy) is 1. The predicted molar refractivity (Wildman–Crippen MR) is 99.5 cm³/mol. The Bertz CT molecular complexity index is 966. The molecule has 0 aliphatic carbocycles. The van der Waals surface area contributed by atoms with E-state index in [0.717, 1.165) is 11.0 Å². The highest BCUT2D eigenvalue weighted by Crippen LogP contribution is 2.40. The molecule has 2 N–H and O–H groups in total. The quantitative estimate of drug-likeness (QED) is 0.533. The van der Waals surface area contributed by atoms with Crippen molar-refractivity contribution in [2.24, 2.45) is 0 Å². The molecular weight excluding hydrogens is 358 g/mol. The highest BCUT2D eigenvalue weighted by molar-refractivity contribution is 8.00. The third-order valence-corrected chi connectivity index (χ3v) is 4.70. The van der Waals surface area contributed by atoms with Crippen LogP contribution in [0.25, 0.3) is 16.6 Å². The number of anilines is 1. The topological polar surface area (TPSA) is 65.4 Å². The van der Waals surface area contributed by atoms with Crippen molar-refractivity contribution in [3.05, 3.63) is 36.3 Å². The monoisotopic (exact) mass is 378 g/mol. The molecular formula is C18H20F2N4OS. The van der Waals surface area contributed by atoms with E-state index in [1.165, 1.54) is 6.20 Å². The van der Waals surface area contributed by atoms with Gasteiger partial charge in [-0.3, -0.25) is 0 Å². The lowest BCUT2D eigenvalue weighted by molar-refractivity contribution is 0.330. The number of halogens is 2. The molecule has 0 bridgehead atoms. The third kappa shape index (κ3) is 3.60. The molecule has 0 aromatic carbocycles. The Labute approximate surface area is 154 Å². The van der Waals surface area contributed by atoms with Gasteiger partial charge in [-0.1, -0.05) is 20.8 Å². The van der Waals surface area contributed by atoms with Crippen molar-refractivity contribution in [3.8, 4) is 16.9 Å². The maximum atomic E-state index is 14.3. The van der Waals surface area contributed by atoms with Crippen LogP contribution in [0.1, 0.15) is 27.7 Å². The number of thioether (sulfide) groups is 1. The second kappa shape index (κ2) is 6.75. The summed E-state index contributed by atoms with van der Waals surface area (Å²) in [5.74, 6) is -1.38. The first-order valence-corrected chi connectivity index (χ1v) is 8.96. The van der Waals surface area contributed by atoms with E-state index in [2.05, 4.69) is 30.9 Å². The SMILES string of the molecule is CCOc1cn2ncc(-c3cc(F)c(N)nc3F)c2cc1SC(C)(C)C. The number of rotatable bonds is 4.